The average molecular weight is 387 g/mol. The van der Waals surface area contributed by atoms with E-state index < -0.39 is 36.2 Å². The van der Waals surface area contributed by atoms with Crippen LogP contribution in [0.2, 0.25) is 0 Å². The standard InChI is InChI=1S/C20H19F2N3O3/c1-13-19(27)24(20(28)25(13)17-9-7-16(22)8-10-17)12-18(26)23(2)11-14-3-5-15(21)6-4-14/h3-10,13H,11-12H2,1-2H3. The third kappa shape index (κ3) is 3.85. The van der Waals surface area contributed by atoms with Gasteiger partial charge in [-0.15, -0.1) is 0 Å². The van der Waals surface area contributed by atoms with Gasteiger partial charge in [-0.3, -0.25) is 19.4 Å². The summed E-state index contributed by atoms with van der Waals surface area (Å²) < 4.78 is 26.1. The molecule has 2 aromatic carbocycles. The average Bonchev–Trinajstić information content (AvgIpc) is 2.88. The number of halogens is 2. The minimum absolute atomic E-state index is 0.215. The number of amides is 4. The van der Waals surface area contributed by atoms with Crippen molar-refractivity contribution in [3.8, 4) is 0 Å². The molecule has 0 spiro atoms. The van der Waals surface area contributed by atoms with Gasteiger partial charge in [0.15, 0.2) is 0 Å². The molecule has 6 nitrogen and oxygen atoms in total. The molecule has 3 rings (SSSR count). The Morgan fingerprint density at radius 2 is 1.54 bits per heavy atom. The lowest BCUT2D eigenvalue weighted by Crippen LogP contribution is -2.42. The van der Waals surface area contributed by atoms with E-state index in [1.165, 1.54) is 53.2 Å². The fourth-order valence-electron chi connectivity index (χ4n) is 3.02. The number of rotatable bonds is 5. The minimum Gasteiger partial charge on any atom is -0.340 e. The summed E-state index contributed by atoms with van der Waals surface area (Å²) in [5.74, 6) is -1.76. The van der Waals surface area contributed by atoms with E-state index in [1.807, 2.05) is 0 Å². The Morgan fingerprint density at radius 1 is 1.00 bits per heavy atom. The largest absolute Gasteiger partial charge is 0.340 e. The maximum absolute atomic E-state index is 13.1. The highest BCUT2D eigenvalue weighted by molar-refractivity contribution is 6.15. The molecular formula is C20H19F2N3O3. The summed E-state index contributed by atoms with van der Waals surface area (Å²) in [5.41, 5.74) is 1.10. The predicted octanol–water partition coefficient (Wildman–Crippen LogP) is 2.78. The van der Waals surface area contributed by atoms with E-state index in [-0.39, 0.29) is 12.4 Å². The van der Waals surface area contributed by atoms with Gasteiger partial charge < -0.3 is 4.90 Å². The normalized spacial score (nSPS) is 16.6. The molecule has 0 aromatic heterocycles. The summed E-state index contributed by atoms with van der Waals surface area (Å²) >= 11 is 0. The third-order valence-corrected chi connectivity index (χ3v) is 4.60. The van der Waals surface area contributed by atoms with Crippen molar-refractivity contribution in [2.45, 2.75) is 19.5 Å². The Kier molecular flexibility index (Phi) is 5.39. The van der Waals surface area contributed by atoms with Gasteiger partial charge in [0, 0.05) is 19.3 Å². The fraction of sp³-hybridized carbons (Fsp3) is 0.250. The monoisotopic (exact) mass is 387 g/mol. The Hall–Kier alpha value is -3.29. The molecule has 1 heterocycles. The molecule has 0 aliphatic carbocycles. The van der Waals surface area contributed by atoms with E-state index in [0.717, 1.165) is 10.5 Å². The lowest BCUT2D eigenvalue weighted by Gasteiger charge is -2.21. The van der Waals surface area contributed by atoms with Crippen molar-refractivity contribution in [2.24, 2.45) is 0 Å². The van der Waals surface area contributed by atoms with Gasteiger partial charge in [0.2, 0.25) is 5.91 Å². The van der Waals surface area contributed by atoms with Crippen molar-refractivity contribution in [1.29, 1.82) is 0 Å². The van der Waals surface area contributed by atoms with E-state index in [9.17, 15) is 23.2 Å². The molecule has 8 heteroatoms. The highest BCUT2D eigenvalue weighted by Crippen LogP contribution is 2.26. The number of urea groups is 1. The van der Waals surface area contributed by atoms with Crippen LogP contribution in [0, 0.1) is 11.6 Å². The van der Waals surface area contributed by atoms with Gasteiger partial charge >= 0.3 is 6.03 Å². The maximum atomic E-state index is 13.1. The smallest absolute Gasteiger partial charge is 0.332 e. The van der Waals surface area contributed by atoms with E-state index in [2.05, 4.69) is 0 Å². The maximum Gasteiger partial charge on any atom is 0.332 e. The molecule has 0 N–H and O–H groups in total. The first-order chi connectivity index (χ1) is 13.3. The first-order valence-electron chi connectivity index (χ1n) is 8.66. The van der Waals surface area contributed by atoms with E-state index >= 15 is 0 Å². The van der Waals surface area contributed by atoms with E-state index in [1.54, 1.807) is 19.1 Å². The SMILES string of the molecule is CC1C(=O)N(CC(=O)N(C)Cc2ccc(F)cc2)C(=O)N1c1ccc(F)cc1. The zero-order chi connectivity index (χ0) is 20.4. The van der Waals surface area contributed by atoms with Gasteiger partial charge in [-0.25, -0.2) is 13.6 Å². The molecule has 1 unspecified atom stereocenters. The van der Waals surface area contributed by atoms with Crippen molar-refractivity contribution in [3.63, 3.8) is 0 Å². The number of hydrogen-bond donors (Lipinski definition) is 0. The lowest BCUT2D eigenvalue weighted by atomic mass is 10.2. The van der Waals surface area contributed by atoms with Gasteiger partial charge in [-0.05, 0) is 48.9 Å². The van der Waals surface area contributed by atoms with E-state index in [4.69, 9.17) is 0 Å². The summed E-state index contributed by atoms with van der Waals surface area (Å²) in [6.07, 6.45) is 0. The van der Waals surface area contributed by atoms with Crippen molar-refractivity contribution < 1.29 is 23.2 Å². The van der Waals surface area contributed by atoms with Crippen LogP contribution in [0.25, 0.3) is 0 Å². The lowest BCUT2D eigenvalue weighted by molar-refractivity contribution is -0.136. The number of imide groups is 1. The number of likely N-dealkylation sites (N-methyl/N-ethyl adjacent to an activating group) is 1. The molecule has 28 heavy (non-hydrogen) atoms. The number of benzene rings is 2. The van der Waals surface area contributed by atoms with Crippen LogP contribution in [0.1, 0.15) is 12.5 Å². The van der Waals surface area contributed by atoms with Gasteiger partial charge in [0.05, 0.1) is 0 Å². The first-order valence-corrected chi connectivity index (χ1v) is 8.66. The molecule has 146 valence electrons. The van der Waals surface area contributed by atoms with Crippen molar-refractivity contribution in [2.75, 3.05) is 18.5 Å². The Balaban J connectivity index is 1.69. The molecule has 0 saturated carbocycles. The van der Waals surface area contributed by atoms with Crippen molar-refractivity contribution >= 4 is 23.5 Å². The second-order valence-corrected chi connectivity index (χ2v) is 6.61. The van der Waals surface area contributed by atoms with Crippen LogP contribution in [-0.2, 0) is 16.1 Å². The number of carbonyl (C=O) groups excluding carboxylic acids is 3. The molecule has 2 aromatic rings. The molecule has 0 bridgehead atoms. The van der Waals surface area contributed by atoms with Crippen LogP contribution in [0.3, 0.4) is 0 Å². The highest BCUT2D eigenvalue weighted by atomic mass is 19.1. The minimum atomic E-state index is -0.798. The molecule has 1 saturated heterocycles. The molecule has 0 radical (unpaired) electrons. The summed E-state index contributed by atoms with van der Waals surface area (Å²) in [6.45, 7) is 1.36. The van der Waals surface area contributed by atoms with Gasteiger partial charge in [0.25, 0.3) is 5.91 Å². The van der Waals surface area contributed by atoms with Crippen LogP contribution in [0.15, 0.2) is 48.5 Å². The van der Waals surface area contributed by atoms with Crippen molar-refractivity contribution in [3.05, 3.63) is 65.7 Å². The summed E-state index contributed by atoms with van der Waals surface area (Å²) in [4.78, 5) is 41.2. The highest BCUT2D eigenvalue weighted by Gasteiger charge is 2.44. The Labute approximate surface area is 160 Å². The Bertz CT molecular complexity index is 900. The topological polar surface area (TPSA) is 60.9 Å². The van der Waals surface area contributed by atoms with Gasteiger partial charge in [-0.2, -0.15) is 0 Å². The predicted molar refractivity (Wildman–Crippen MR) is 98.3 cm³/mol. The molecular weight excluding hydrogens is 368 g/mol. The van der Waals surface area contributed by atoms with Crippen LogP contribution < -0.4 is 4.90 Å². The third-order valence-electron chi connectivity index (χ3n) is 4.60. The zero-order valence-corrected chi connectivity index (χ0v) is 15.4. The second-order valence-electron chi connectivity index (χ2n) is 6.61. The van der Waals surface area contributed by atoms with E-state index in [0.29, 0.717) is 5.69 Å². The first kappa shape index (κ1) is 19.5. The number of hydrogen-bond acceptors (Lipinski definition) is 3. The number of anilines is 1. The van der Waals surface area contributed by atoms with Crippen LogP contribution in [0.4, 0.5) is 19.3 Å². The number of nitrogens with zero attached hydrogens (tertiary/aromatic N) is 3. The molecule has 1 aliphatic heterocycles. The van der Waals surface area contributed by atoms with Crippen LogP contribution in [-0.4, -0.2) is 47.3 Å². The molecule has 4 amide bonds. The number of carbonyl (C=O) groups is 3. The summed E-state index contributed by atoms with van der Waals surface area (Å²) in [7, 11) is 1.54. The fourth-order valence-corrected chi connectivity index (χ4v) is 3.02. The summed E-state index contributed by atoms with van der Waals surface area (Å²) in [5, 5.41) is 0. The zero-order valence-electron chi connectivity index (χ0n) is 15.4. The summed E-state index contributed by atoms with van der Waals surface area (Å²) in [6, 6.07) is 9.49. The van der Waals surface area contributed by atoms with Gasteiger partial charge in [0.1, 0.15) is 24.2 Å². The molecule has 1 atom stereocenters. The molecule has 1 aliphatic rings. The quantitative estimate of drug-likeness (QED) is 0.742. The second kappa shape index (κ2) is 7.75. The molecule has 1 fully saturated rings. The van der Waals surface area contributed by atoms with Crippen LogP contribution >= 0.6 is 0 Å². The van der Waals surface area contributed by atoms with Gasteiger partial charge in [-0.1, -0.05) is 12.1 Å². The van der Waals surface area contributed by atoms with Crippen LogP contribution in [0.5, 0.6) is 0 Å². The Morgan fingerprint density at radius 3 is 2.11 bits per heavy atom. The van der Waals surface area contributed by atoms with Crippen molar-refractivity contribution in [1.82, 2.24) is 9.80 Å².